The number of para-hydroxylation sites is 1. The highest BCUT2D eigenvalue weighted by Crippen LogP contribution is 2.31. The first-order valence-corrected chi connectivity index (χ1v) is 6.10. The third-order valence-electron chi connectivity index (χ3n) is 2.82. The van der Waals surface area contributed by atoms with E-state index in [1.165, 1.54) is 0 Å². The van der Waals surface area contributed by atoms with E-state index in [4.69, 9.17) is 14.6 Å². The van der Waals surface area contributed by atoms with E-state index in [1.807, 2.05) is 18.2 Å². The van der Waals surface area contributed by atoms with Gasteiger partial charge < -0.3 is 14.6 Å². The first kappa shape index (κ1) is 14.4. The summed E-state index contributed by atoms with van der Waals surface area (Å²) in [5.41, 5.74) is 1.10. The van der Waals surface area contributed by atoms with E-state index >= 15 is 0 Å². The molecule has 0 amide bonds. The summed E-state index contributed by atoms with van der Waals surface area (Å²) in [6.07, 6.45) is 3.71. The van der Waals surface area contributed by atoms with Crippen LogP contribution in [-0.4, -0.2) is 25.3 Å². The maximum absolute atomic E-state index is 10.4. The summed E-state index contributed by atoms with van der Waals surface area (Å²) in [6.45, 7) is 0. The first-order chi connectivity index (χ1) is 8.69. The van der Waals surface area contributed by atoms with E-state index < -0.39 is 5.97 Å². The summed E-state index contributed by atoms with van der Waals surface area (Å²) in [4.78, 5) is 10.4. The smallest absolute Gasteiger partial charge is 0.303 e. The van der Waals surface area contributed by atoms with Gasteiger partial charge in [0.05, 0.1) is 14.2 Å². The average Bonchev–Trinajstić information content (AvgIpc) is 2.37. The molecule has 0 aliphatic rings. The molecule has 0 heterocycles. The van der Waals surface area contributed by atoms with Crippen molar-refractivity contribution in [3.8, 4) is 11.5 Å². The number of unbranched alkanes of at least 4 members (excludes halogenated alkanes) is 2. The number of rotatable bonds is 8. The van der Waals surface area contributed by atoms with E-state index in [0.717, 1.165) is 42.7 Å². The molecular weight excluding hydrogens is 232 g/mol. The zero-order valence-electron chi connectivity index (χ0n) is 10.9. The summed E-state index contributed by atoms with van der Waals surface area (Å²) >= 11 is 0. The van der Waals surface area contributed by atoms with Crippen LogP contribution in [0.2, 0.25) is 0 Å². The second kappa shape index (κ2) is 7.58. The lowest BCUT2D eigenvalue weighted by molar-refractivity contribution is -0.137. The van der Waals surface area contributed by atoms with Crippen LogP contribution in [0, 0.1) is 0 Å². The predicted molar refractivity (Wildman–Crippen MR) is 69.4 cm³/mol. The molecule has 1 aromatic rings. The fourth-order valence-electron chi connectivity index (χ4n) is 1.92. The molecule has 1 N–H and O–H groups in total. The van der Waals surface area contributed by atoms with Crippen LogP contribution in [0.1, 0.15) is 31.2 Å². The molecule has 0 bridgehead atoms. The zero-order valence-corrected chi connectivity index (χ0v) is 10.9. The largest absolute Gasteiger partial charge is 0.493 e. The second-order valence-electron chi connectivity index (χ2n) is 4.11. The Bertz CT molecular complexity index is 387. The molecule has 18 heavy (non-hydrogen) atoms. The number of hydrogen-bond donors (Lipinski definition) is 1. The number of aliphatic carboxylic acids is 1. The third kappa shape index (κ3) is 4.28. The van der Waals surface area contributed by atoms with E-state index in [-0.39, 0.29) is 6.42 Å². The normalized spacial score (nSPS) is 10.1. The van der Waals surface area contributed by atoms with Crippen LogP contribution >= 0.6 is 0 Å². The first-order valence-electron chi connectivity index (χ1n) is 6.10. The summed E-state index contributed by atoms with van der Waals surface area (Å²) in [5.74, 6) is 0.785. The van der Waals surface area contributed by atoms with Crippen molar-refractivity contribution >= 4 is 5.97 Å². The molecule has 0 spiro atoms. The molecule has 0 aromatic heterocycles. The zero-order chi connectivity index (χ0) is 13.4. The van der Waals surface area contributed by atoms with Crippen molar-refractivity contribution in [2.24, 2.45) is 0 Å². The molecule has 0 saturated carbocycles. The minimum atomic E-state index is -0.728. The molecule has 0 fully saturated rings. The van der Waals surface area contributed by atoms with Gasteiger partial charge in [-0.3, -0.25) is 4.79 Å². The Morgan fingerprint density at radius 2 is 1.94 bits per heavy atom. The number of methoxy groups -OCH3 is 2. The lowest BCUT2D eigenvalue weighted by Gasteiger charge is -2.12. The summed E-state index contributed by atoms with van der Waals surface area (Å²) < 4.78 is 10.6. The Balaban J connectivity index is 2.49. The van der Waals surface area contributed by atoms with Crippen molar-refractivity contribution in [3.63, 3.8) is 0 Å². The number of benzene rings is 1. The van der Waals surface area contributed by atoms with Crippen molar-refractivity contribution < 1.29 is 19.4 Å². The fraction of sp³-hybridized carbons (Fsp3) is 0.500. The Morgan fingerprint density at radius 3 is 2.56 bits per heavy atom. The number of carboxylic acid groups (broad SMARTS) is 1. The third-order valence-corrected chi connectivity index (χ3v) is 2.82. The maximum Gasteiger partial charge on any atom is 0.303 e. The molecule has 0 saturated heterocycles. The van der Waals surface area contributed by atoms with Crippen molar-refractivity contribution in [1.29, 1.82) is 0 Å². The second-order valence-corrected chi connectivity index (χ2v) is 4.11. The molecule has 0 aliphatic heterocycles. The number of carbonyl (C=O) groups is 1. The van der Waals surface area contributed by atoms with E-state index in [1.54, 1.807) is 14.2 Å². The van der Waals surface area contributed by atoms with Gasteiger partial charge in [-0.2, -0.15) is 0 Å². The summed E-state index contributed by atoms with van der Waals surface area (Å²) in [6, 6.07) is 5.82. The molecule has 4 nitrogen and oxygen atoms in total. The minimum absolute atomic E-state index is 0.245. The van der Waals surface area contributed by atoms with Crippen LogP contribution in [0.5, 0.6) is 11.5 Å². The monoisotopic (exact) mass is 252 g/mol. The number of aryl methyl sites for hydroxylation is 1. The molecular formula is C14H20O4. The van der Waals surface area contributed by atoms with Crippen molar-refractivity contribution in [1.82, 2.24) is 0 Å². The Hall–Kier alpha value is -1.71. The highest BCUT2D eigenvalue weighted by Gasteiger charge is 2.08. The van der Waals surface area contributed by atoms with E-state index in [0.29, 0.717) is 0 Å². The molecule has 0 aliphatic carbocycles. The Labute approximate surface area is 108 Å². The van der Waals surface area contributed by atoms with Crippen molar-refractivity contribution in [2.45, 2.75) is 32.1 Å². The Morgan fingerprint density at radius 1 is 1.17 bits per heavy atom. The topological polar surface area (TPSA) is 55.8 Å². The molecule has 1 aromatic carbocycles. The highest BCUT2D eigenvalue weighted by molar-refractivity contribution is 5.66. The molecule has 0 atom stereocenters. The van der Waals surface area contributed by atoms with Crippen LogP contribution < -0.4 is 9.47 Å². The van der Waals surface area contributed by atoms with Crippen LogP contribution in [0.15, 0.2) is 18.2 Å². The molecule has 100 valence electrons. The van der Waals surface area contributed by atoms with Gasteiger partial charge in [-0.05, 0) is 30.9 Å². The van der Waals surface area contributed by atoms with Gasteiger partial charge in [0.2, 0.25) is 0 Å². The van der Waals surface area contributed by atoms with Gasteiger partial charge in [0.1, 0.15) is 0 Å². The summed E-state index contributed by atoms with van der Waals surface area (Å²) in [7, 11) is 3.25. The van der Waals surface area contributed by atoms with Crippen LogP contribution in [0.25, 0.3) is 0 Å². The number of carboxylic acids is 1. The molecule has 4 heteroatoms. The Kier molecular flexibility index (Phi) is 6.05. The van der Waals surface area contributed by atoms with Gasteiger partial charge in [0, 0.05) is 6.42 Å². The quantitative estimate of drug-likeness (QED) is 0.723. The number of ether oxygens (including phenoxy) is 2. The van der Waals surface area contributed by atoms with Crippen LogP contribution in [0.4, 0.5) is 0 Å². The van der Waals surface area contributed by atoms with Crippen LogP contribution in [0.3, 0.4) is 0 Å². The van der Waals surface area contributed by atoms with E-state index in [2.05, 4.69) is 0 Å². The van der Waals surface area contributed by atoms with Crippen molar-refractivity contribution in [3.05, 3.63) is 23.8 Å². The maximum atomic E-state index is 10.4. The number of hydrogen-bond acceptors (Lipinski definition) is 3. The average molecular weight is 252 g/mol. The van der Waals surface area contributed by atoms with Gasteiger partial charge >= 0.3 is 5.97 Å². The molecule has 1 rings (SSSR count). The molecule has 0 unspecified atom stereocenters. The standard InChI is InChI=1S/C14H20O4/c1-17-12-9-6-8-11(14(12)18-2)7-4-3-5-10-13(15)16/h6,8-9H,3-5,7,10H2,1-2H3,(H,15,16). The van der Waals surface area contributed by atoms with E-state index in [9.17, 15) is 4.79 Å². The lowest BCUT2D eigenvalue weighted by Crippen LogP contribution is -1.97. The summed E-state index contributed by atoms with van der Waals surface area (Å²) in [5, 5.41) is 8.54. The fourth-order valence-corrected chi connectivity index (χ4v) is 1.92. The predicted octanol–water partition coefficient (Wildman–Crippen LogP) is 2.89. The van der Waals surface area contributed by atoms with Gasteiger partial charge in [-0.15, -0.1) is 0 Å². The van der Waals surface area contributed by atoms with Gasteiger partial charge in [-0.25, -0.2) is 0 Å². The van der Waals surface area contributed by atoms with Crippen molar-refractivity contribution in [2.75, 3.05) is 14.2 Å². The minimum Gasteiger partial charge on any atom is -0.493 e. The van der Waals surface area contributed by atoms with Crippen LogP contribution in [-0.2, 0) is 11.2 Å². The molecule has 0 radical (unpaired) electrons. The van der Waals surface area contributed by atoms with Gasteiger partial charge in [0.15, 0.2) is 11.5 Å². The highest BCUT2D eigenvalue weighted by atomic mass is 16.5. The van der Waals surface area contributed by atoms with Gasteiger partial charge in [0.25, 0.3) is 0 Å². The van der Waals surface area contributed by atoms with Gasteiger partial charge in [-0.1, -0.05) is 18.6 Å². The SMILES string of the molecule is COc1cccc(CCCCCC(=O)O)c1OC. The lowest BCUT2D eigenvalue weighted by atomic mass is 10.0.